The number of likely N-dealkylation sites (tertiary alicyclic amines) is 2. The fraction of sp³-hybridized carbons (Fsp3) is 0.333. The van der Waals surface area contributed by atoms with E-state index in [-0.39, 0.29) is 35.7 Å². The summed E-state index contributed by atoms with van der Waals surface area (Å²) in [7, 11) is 3.79. The molecule has 4 aromatic carbocycles. The van der Waals surface area contributed by atoms with Crippen LogP contribution in [0.3, 0.4) is 0 Å². The number of hydrogen-bond donors (Lipinski definition) is 1. The standard InChI is InChI=1S/C25H30N2O2.C23H25NO3/c1-25(2,3)24(29)27-22(16-21(23(27)28)17-26(4)5)15-18-11-13-20(14-12-18)19-9-7-6-8-10-19;1-23(2,3)22(27)24-20(14-19(15-25)21(24)26)13-16-9-11-18(12-10-16)17-7-5-4-6-8-17/h6-14,17,22H,15-16H2,1-5H3;4-12,15,20,25H,13-14H2,1-3H3/t22-;20-/m11/s1. The average Bonchev–Trinajstić information content (AvgIpc) is 3.64. The maximum Gasteiger partial charge on any atom is 0.259 e. The van der Waals surface area contributed by atoms with E-state index in [0.717, 1.165) is 34.1 Å². The van der Waals surface area contributed by atoms with Gasteiger partial charge in [0.25, 0.3) is 11.8 Å². The molecule has 8 heteroatoms. The van der Waals surface area contributed by atoms with Crippen molar-refractivity contribution in [1.29, 1.82) is 0 Å². The van der Waals surface area contributed by atoms with Crippen LogP contribution in [0.1, 0.15) is 65.5 Å². The van der Waals surface area contributed by atoms with Crippen molar-refractivity contribution in [2.24, 2.45) is 10.8 Å². The number of amides is 4. The van der Waals surface area contributed by atoms with Crippen LogP contribution >= 0.6 is 0 Å². The predicted octanol–water partition coefficient (Wildman–Crippen LogP) is 9.03. The molecule has 4 aromatic rings. The molecule has 0 aromatic heterocycles. The van der Waals surface area contributed by atoms with Crippen molar-refractivity contribution >= 4 is 23.6 Å². The maximum absolute atomic E-state index is 13.0. The second-order valence-corrected chi connectivity index (χ2v) is 17.0. The number of aliphatic hydroxyl groups is 1. The van der Waals surface area contributed by atoms with Gasteiger partial charge in [0.1, 0.15) is 0 Å². The van der Waals surface area contributed by atoms with Gasteiger partial charge in [0.2, 0.25) is 11.8 Å². The molecular formula is C48H55N3O5. The van der Waals surface area contributed by atoms with Gasteiger partial charge < -0.3 is 10.0 Å². The summed E-state index contributed by atoms with van der Waals surface area (Å²) < 4.78 is 0. The summed E-state index contributed by atoms with van der Waals surface area (Å²) in [5.41, 5.74) is 6.52. The molecule has 6 rings (SSSR count). The summed E-state index contributed by atoms with van der Waals surface area (Å²) in [6, 6.07) is 36.5. The highest BCUT2D eigenvalue weighted by Crippen LogP contribution is 2.33. The van der Waals surface area contributed by atoms with Crippen LogP contribution in [0.25, 0.3) is 22.3 Å². The third-order valence-electron chi connectivity index (χ3n) is 9.98. The Morgan fingerprint density at radius 2 is 0.929 bits per heavy atom. The Morgan fingerprint density at radius 3 is 1.27 bits per heavy atom. The number of aliphatic hydroxyl groups excluding tert-OH is 1. The minimum Gasteiger partial charge on any atom is -0.515 e. The Bertz CT molecular complexity index is 2070. The Morgan fingerprint density at radius 1 is 0.589 bits per heavy atom. The van der Waals surface area contributed by atoms with E-state index in [2.05, 4.69) is 60.7 Å². The smallest absolute Gasteiger partial charge is 0.259 e. The van der Waals surface area contributed by atoms with E-state index in [9.17, 15) is 24.3 Å². The van der Waals surface area contributed by atoms with Crippen LogP contribution in [-0.2, 0) is 32.0 Å². The van der Waals surface area contributed by atoms with E-state index in [1.165, 1.54) is 15.4 Å². The van der Waals surface area contributed by atoms with Crippen molar-refractivity contribution in [3.63, 3.8) is 0 Å². The molecule has 2 aliphatic rings. The third-order valence-corrected chi connectivity index (χ3v) is 9.98. The molecule has 2 heterocycles. The molecule has 0 bridgehead atoms. The lowest BCUT2D eigenvalue weighted by molar-refractivity contribution is -0.150. The van der Waals surface area contributed by atoms with E-state index in [4.69, 9.17) is 0 Å². The molecule has 0 radical (unpaired) electrons. The van der Waals surface area contributed by atoms with E-state index >= 15 is 0 Å². The normalized spacial score (nSPS) is 18.6. The highest BCUT2D eigenvalue weighted by molar-refractivity contribution is 6.08. The Hall–Kier alpha value is -5.76. The fourth-order valence-electron chi connectivity index (χ4n) is 7.07. The minimum absolute atomic E-state index is 0.115. The highest BCUT2D eigenvalue weighted by atomic mass is 16.2. The van der Waals surface area contributed by atoms with Crippen LogP contribution in [0.5, 0.6) is 0 Å². The number of imide groups is 2. The van der Waals surface area contributed by atoms with E-state index in [0.29, 0.717) is 36.8 Å². The molecular weight excluding hydrogens is 699 g/mol. The first-order valence-electron chi connectivity index (χ1n) is 19.2. The van der Waals surface area contributed by atoms with Gasteiger partial charge in [0.05, 0.1) is 11.8 Å². The summed E-state index contributed by atoms with van der Waals surface area (Å²) in [6.45, 7) is 11.0. The lowest BCUT2D eigenvalue weighted by atomic mass is 9.93. The zero-order valence-corrected chi connectivity index (χ0v) is 34.0. The topological polar surface area (TPSA) is 98.2 Å². The summed E-state index contributed by atoms with van der Waals surface area (Å²) in [5.74, 6) is -0.876. The molecule has 2 atom stereocenters. The Labute approximate surface area is 332 Å². The lowest BCUT2D eigenvalue weighted by Crippen LogP contribution is -2.45. The van der Waals surface area contributed by atoms with Crippen LogP contribution in [0.4, 0.5) is 0 Å². The third kappa shape index (κ3) is 9.91. The van der Waals surface area contributed by atoms with Crippen molar-refractivity contribution in [2.75, 3.05) is 14.1 Å². The number of nitrogens with zero attached hydrogens (tertiary/aromatic N) is 3. The van der Waals surface area contributed by atoms with Crippen molar-refractivity contribution in [2.45, 2.75) is 79.3 Å². The van der Waals surface area contributed by atoms with Gasteiger partial charge >= 0.3 is 0 Å². The summed E-state index contributed by atoms with van der Waals surface area (Å²) in [4.78, 5) is 56.0. The first-order valence-corrected chi connectivity index (χ1v) is 19.2. The van der Waals surface area contributed by atoms with Gasteiger partial charge in [-0.2, -0.15) is 0 Å². The highest BCUT2D eigenvalue weighted by Gasteiger charge is 2.44. The van der Waals surface area contributed by atoms with Crippen LogP contribution < -0.4 is 0 Å². The van der Waals surface area contributed by atoms with Gasteiger partial charge in [-0.05, 0) is 46.2 Å². The minimum atomic E-state index is -0.657. The largest absolute Gasteiger partial charge is 0.515 e. The molecule has 2 fully saturated rings. The summed E-state index contributed by atoms with van der Waals surface area (Å²) in [5, 5.41) is 9.36. The van der Waals surface area contributed by atoms with E-state index < -0.39 is 10.8 Å². The first kappa shape index (κ1) is 41.4. The van der Waals surface area contributed by atoms with Crippen LogP contribution in [0.2, 0.25) is 0 Å². The second-order valence-electron chi connectivity index (χ2n) is 17.0. The monoisotopic (exact) mass is 753 g/mol. The SMILES string of the molecule is CC(C)(C)C(=O)N1C(=O)C(=CO)C[C@H]1Cc1ccc(-c2ccccc2)cc1.CN(C)C=C1C[C@@H](Cc2ccc(-c3ccccc3)cc2)N(C(=O)C(C)(C)C)C1=O. The van der Waals surface area contributed by atoms with Crippen molar-refractivity contribution < 1.29 is 24.3 Å². The second kappa shape index (κ2) is 17.4. The summed E-state index contributed by atoms with van der Waals surface area (Å²) >= 11 is 0. The molecule has 4 amide bonds. The molecule has 2 aliphatic heterocycles. The lowest BCUT2D eigenvalue weighted by Gasteiger charge is -2.29. The van der Waals surface area contributed by atoms with Gasteiger partial charge in [-0.1, -0.05) is 151 Å². The van der Waals surface area contributed by atoms with Gasteiger partial charge in [0.15, 0.2) is 0 Å². The zero-order valence-electron chi connectivity index (χ0n) is 34.0. The molecule has 1 N–H and O–H groups in total. The molecule has 0 unspecified atom stereocenters. The first-order chi connectivity index (χ1) is 26.5. The molecule has 292 valence electrons. The number of rotatable bonds is 7. The van der Waals surface area contributed by atoms with Crippen molar-refractivity contribution in [1.82, 2.24) is 14.7 Å². The fourth-order valence-corrected chi connectivity index (χ4v) is 7.07. The van der Waals surface area contributed by atoms with Gasteiger partial charge in [0, 0.05) is 61.6 Å². The molecule has 56 heavy (non-hydrogen) atoms. The number of carbonyl (C=O) groups excluding carboxylic acids is 4. The maximum atomic E-state index is 13.0. The number of carbonyl (C=O) groups is 4. The Balaban J connectivity index is 0.000000215. The molecule has 2 saturated heterocycles. The van der Waals surface area contributed by atoms with Gasteiger partial charge in [-0.3, -0.25) is 29.0 Å². The Kier molecular flexibility index (Phi) is 12.8. The predicted molar refractivity (Wildman–Crippen MR) is 223 cm³/mol. The van der Waals surface area contributed by atoms with Gasteiger partial charge in [-0.15, -0.1) is 0 Å². The van der Waals surface area contributed by atoms with E-state index in [1.54, 1.807) is 20.8 Å². The molecule has 0 saturated carbocycles. The van der Waals surface area contributed by atoms with Crippen molar-refractivity contribution in [3.05, 3.63) is 144 Å². The molecule has 8 nitrogen and oxygen atoms in total. The molecule has 0 aliphatic carbocycles. The quantitative estimate of drug-likeness (QED) is 0.150. The van der Waals surface area contributed by atoms with Crippen LogP contribution in [0, 0.1) is 10.8 Å². The summed E-state index contributed by atoms with van der Waals surface area (Å²) in [6.07, 6.45) is 4.86. The number of hydrogen-bond acceptors (Lipinski definition) is 6. The molecule has 0 spiro atoms. The van der Waals surface area contributed by atoms with Crippen LogP contribution in [0.15, 0.2) is 133 Å². The van der Waals surface area contributed by atoms with Gasteiger partial charge in [-0.25, -0.2) is 0 Å². The van der Waals surface area contributed by atoms with E-state index in [1.807, 2.05) is 94.5 Å². The van der Waals surface area contributed by atoms with Crippen molar-refractivity contribution in [3.8, 4) is 22.3 Å². The van der Waals surface area contributed by atoms with Crippen LogP contribution in [-0.4, -0.2) is 69.6 Å². The average molecular weight is 754 g/mol. The number of benzene rings is 4. The zero-order chi connectivity index (χ0) is 40.8.